The second-order valence-corrected chi connectivity index (χ2v) is 9.83. The molecule has 3 aliphatic rings. The molecule has 2 aromatic rings. The molecule has 8 nitrogen and oxygen atoms in total. The highest BCUT2D eigenvalue weighted by Crippen LogP contribution is 2.36. The molecule has 1 atom stereocenters. The lowest BCUT2D eigenvalue weighted by atomic mass is 9.95. The van der Waals surface area contributed by atoms with Gasteiger partial charge in [0.15, 0.2) is 0 Å². The lowest BCUT2D eigenvalue weighted by Crippen LogP contribution is -2.38. The molecule has 1 aromatic carbocycles. The van der Waals surface area contributed by atoms with Crippen LogP contribution in [0.15, 0.2) is 36.5 Å². The Morgan fingerprint density at radius 2 is 1.91 bits per heavy atom. The minimum Gasteiger partial charge on any atom is -0.441 e. The Balaban J connectivity index is 1.17. The molecule has 1 aromatic heterocycles. The maximum absolute atomic E-state index is 12.8. The van der Waals surface area contributed by atoms with Gasteiger partial charge in [-0.15, -0.1) is 0 Å². The summed E-state index contributed by atoms with van der Waals surface area (Å²) in [5.74, 6) is 0.749. The zero-order valence-electron chi connectivity index (χ0n) is 18.7. The van der Waals surface area contributed by atoms with Crippen molar-refractivity contribution < 1.29 is 14.3 Å². The van der Waals surface area contributed by atoms with E-state index in [0.717, 1.165) is 43.7 Å². The first kappa shape index (κ1) is 22.2. The Morgan fingerprint density at radius 3 is 2.70 bits per heavy atom. The van der Waals surface area contributed by atoms with E-state index >= 15 is 0 Å². The van der Waals surface area contributed by atoms with E-state index in [1.54, 1.807) is 23.2 Å². The molecule has 1 aliphatic carbocycles. The minimum absolute atomic E-state index is 0.0306. The summed E-state index contributed by atoms with van der Waals surface area (Å²) in [7, 11) is 0. The van der Waals surface area contributed by atoms with Crippen LogP contribution in [0.3, 0.4) is 0 Å². The molecule has 3 heterocycles. The van der Waals surface area contributed by atoms with Gasteiger partial charge in [-0.1, -0.05) is 24.4 Å². The van der Waals surface area contributed by atoms with E-state index in [9.17, 15) is 9.59 Å². The van der Waals surface area contributed by atoms with Gasteiger partial charge in [-0.25, -0.2) is 9.48 Å². The summed E-state index contributed by atoms with van der Waals surface area (Å²) in [5.41, 5.74) is 0.281. The Bertz CT molecular complexity index is 1000. The first-order valence-corrected chi connectivity index (χ1v) is 12.2. The molecule has 33 heavy (non-hydrogen) atoms. The maximum atomic E-state index is 12.8. The van der Waals surface area contributed by atoms with Gasteiger partial charge in [0.1, 0.15) is 11.4 Å². The number of amides is 2. The van der Waals surface area contributed by atoms with Crippen molar-refractivity contribution in [3.63, 3.8) is 0 Å². The molecule has 0 radical (unpaired) electrons. The molecule has 2 amide bonds. The van der Waals surface area contributed by atoms with Crippen LogP contribution >= 0.6 is 11.6 Å². The Morgan fingerprint density at radius 1 is 1.12 bits per heavy atom. The smallest absolute Gasteiger partial charge is 0.415 e. The van der Waals surface area contributed by atoms with Crippen LogP contribution in [-0.4, -0.2) is 58.5 Å². The van der Waals surface area contributed by atoms with Crippen molar-refractivity contribution in [1.82, 2.24) is 14.7 Å². The molecular formula is C24H30ClN5O3. The summed E-state index contributed by atoms with van der Waals surface area (Å²) >= 11 is 5.98. The number of hydrogen-bond donors (Lipinski definition) is 1. The zero-order chi connectivity index (χ0) is 22.8. The van der Waals surface area contributed by atoms with Gasteiger partial charge in [0, 0.05) is 29.7 Å². The van der Waals surface area contributed by atoms with Crippen LogP contribution in [0.5, 0.6) is 0 Å². The number of benzene rings is 1. The number of carbonyl (C=O) groups is 2. The fourth-order valence-electron chi connectivity index (χ4n) is 5.32. The molecule has 176 valence electrons. The van der Waals surface area contributed by atoms with E-state index in [4.69, 9.17) is 16.3 Å². The van der Waals surface area contributed by atoms with E-state index < -0.39 is 5.60 Å². The quantitative estimate of drug-likeness (QED) is 0.695. The molecule has 1 saturated carbocycles. The third-order valence-corrected chi connectivity index (χ3v) is 7.33. The number of nitrogens with one attached hydrogen (secondary N) is 1. The van der Waals surface area contributed by atoms with Crippen LogP contribution in [0.25, 0.3) is 0 Å². The van der Waals surface area contributed by atoms with Crippen molar-refractivity contribution in [1.29, 1.82) is 0 Å². The van der Waals surface area contributed by atoms with Crippen molar-refractivity contribution in [2.75, 3.05) is 36.4 Å². The molecule has 0 unspecified atom stereocenters. The van der Waals surface area contributed by atoms with Crippen LogP contribution < -0.4 is 10.2 Å². The largest absolute Gasteiger partial charge is 0.441 e. The Hall–Kier alpha value is -2.58. The average Bonchev–Trinajstić information content (AvgIpc) is 3.51. The maximum Gasteiger partial charge on any atom is 0.415 e. The molecule has 5 rings (SSSR count). The summed E-state index contributed by atoms with van der Waals surface area (Å²) in [6.07, 6.45) is 8.46. The normalized spacial score (nSPS) is 24.3. The van der Waals surface area contributed by atoms with E-state index in [1.807, 2.05) is 22.9 Å². The highest BCUT2D eigenvalue weighted by Gasteiger charge is 2.46. The highest BCUT2D eigenvalue weighted by molar-refractivity contribution is 6.30. The Kier molecular flexibility index (Phi) is 6.29. The molecule has 2 saturated heterocycles. The third kappa shape index (κ3) is 4.87. The molecule has 2 aliphatic heterocycles. The molecule has 1 spiro atoms. The molecular weight excluding hydrogens is 442 g/mol. The fraction of sp³-hybridized carbons (Fsp3) is 0.542. The first-order valence-electron chi connectivity index (χ1n) is 11.8. The summed E-state index contributed by atoms with van der Waals surface area (Å²) < 4.78 is 7.86. The van der Waals surface area contributed by atoms with E-state index in [0.29, 0.717) is 37.1 Å². The van der Waals surface area contributed by atoms with Crippen LogP contribution in [-0.2, 0) is 9.53 Å². The Labute approximate surface area is 198 Å². The van der Waals surface area contributed by atoms with Gasteiger partial charge in [-0.2, -0.15) is 5.10 Å². The summed E-state index contributed by atoms with van der Waals surface area (Å²) in [6, 6.07) is 9.49. The van der Waals surface area contributed by atoms with Gasteiger partial charge in [0.25, 0.3) is 0 Å². The van der Waals surface area contributed by atoms with Crippen molar-refractivity contribution in [3.05, 3.63) is 41.6 Å². The lowest BCUT2D eigenvalue weighted by Gasteiger charge is -2.25. The predicted molar refractivity (Wildman–Crippen MR) is 127 cm³/mol. The number of anilines is 2. The van der Waals surface area contributed by atoms with E-state index in [2.05, 4.69) is 15.3 Å². The second-order valence-electron chi connectivity index (χ2n) is 9.39. The zero-order valence-corrected chi connectivity index (χ0v) is 19.5. The molecule has 1 N–H and O–H groups in total. The van der Waals surface area contributed by atoms with Gasteiger partial charge < -0.3 is 10.1 Å². The molecule has 0 bridgehead atoms. The van der Waals surface area contributed by atoms with Gasteiger partial charge in [0.2, 0.25) is 5.91 Å². The van der Waals surface area contributed by atoms with Crippen molar-refractivity contribution in [2.45, 2.75) is 56.6 Å². The number of rotatable bonds is 5. The van der Waals surface area contributed by atoms with Crippen LogP contribution in [0.1, 0.15) is 51.0 Å². The van der Waals surface area contributed by atoms with Crippen LogP contribution in [0.2, 0.25) is 5.02 Å². The van der Waals surface area contributed by atoms with Crippen molar-refractivity contribution in [2.24, 2.45) is 0 Å². The van der Waals surface area contributed by atoms with E-state index in [-0.39, 0.29) is 12.0 Å². The minimum atomic E-state index is -0.511. The molecule has 3 fully saturated rings. The van der Waals surface area contributed by atoms with Gasteiger partial charge in [0.05, 0.1) is 25.3 Å². The molecule has 9 heteroatoms. The van der Waals surface area contributed by atoms with Crippen molar-refractivity contribution in [3.8, 4) is 0 Å². The number of nitrogens with zero attached hydrogens (tertiary/aromatic N) is 4. The van der Waals surface area contributed by atoms with Crippen molar-refractivity contribution >= 4 is 35.1 Å². The monoisotopic (exact) mass is 471 g/mol. The summed E-state index contributed by atoms with van der Waals surface area (Å²) in [6.45, 7) is 2.35. The first-order chi connectivity index (χ1) is 16.0. The number of ether oxygens (including phenoxy) is 1. The average molecular weight is 472 g/mol. The van der Waals surface area contributed by atoms with Crippen LogP contribution in [0, 0.1) is 0 Å². The summed E-state index contributed by atoms with van der Waals surface area (Å²) in [4.78, 5) is 29.2. The second kappa shape index (κ2) is 9.35. The standard InChI is InChI=1S/C24H30ClN5O3/c25-18-6-8-19(9-7-18)29-17-24(33-23(29)32)11-3-14-28(15-12-24)16-22(31)27-21-10-13-26-30(21)20-4-1-2-5-20/h6-10,13,20H,1-5,11-12,14-17H2,(H,27,31)/t24-/m1/s1. The number of halogens is 1. The van der Waals surface area contributed by atoms with Crippen LogP contribution in [0.4, 0.5) is 16.3 Å². The number of aromatic nitrogens is 2. The predicted octanol–water partition coefficient (Wildman–Crippen LogP) is 4.47. The number of hydrogen-bond acceptors (Lipinski definition) is 5. The topological polar surface area (TPSA) is 79.7 Å². The summed E-state index contributed by atoms with van der Waals surface area (Å²) in [5, 5.41) is 8.12. The third-order valence-electron chi connectivity index (χ3n) is 7.07. The number of carbonyl (C=O) groups excluding carboxylic acids is 2. The van der Waals surface area contributed by atoms with Gasteiger partial charge >= 0.3 is 6.09 Å². The van der Waals surface area contributed by atoms with Gasteiger partial charge in [-0.3, -0.25) is 14.6 Å². The fourth-order valence-corrected chi connectivity index (χ4v) is 5.45. The lowest BCUT2D eigenvalue weighted by molar-refractivity contribution is -0.117. The highest BCUT2D eigenvalue weighted by atomic mass is 35.5. The number of likely N-dealkylation sites (tertiary alicyclic amines) is 1. The van der Waals surface area contributed by atoms with E-state index in [1.165, 1.54) is 12.8 Å². The van der Waals surface area contributed by atoms with Gasteiger partial charge in [-0.05, 0) is 56.5 Å². The SMILES string of the molecule is O=C(CN1CCC[C@@]2(CC1)CN(c1ccc(Cl)cc1)C(=O)O2)Nc1ccnn1C1CCCC1.